The lowest BCUT2D eigenvalue weighted by Gasteiger charge is -2.37. The van der Waals surface area contributed by atoms with Gasteiger partial charge in [0.1, 0.15) is 23.9 Å². The maximum Gasteiger partial charge on any atom is 0.409 e. The Balaban J connectivity index is 1.05. The number of nitrogens with one attached hydrogen (secondary N) is 2. The fourth-order valence-corrected chi connectivity index (χ4v) is 13.0. The molecule has 5 aromatic rings. The monoisotopic (exact) mass is 1110 g/mol. The molecule has 1 unspecified atom stereocenters. The number of aryl methyl sites for hydroxylation is 1. The number of carbonyl (C=O) groups excluding carboxylic acids is 5. The fraction of sp³-hybridized carbons (Fsp3) is 0.492. The Morgan fingerprint density at radius 3 is 2.44 bits per heavy atom. The molecule has 4 aliphatic heterocycles. The van der Waals surface area contributed by atoms with Crippen LogP contribution in [0.2, 0.25) is 0 Å². The summed E-state index contributed by atoms with van der Waals surface area (Å²) in [6, 6.07) is 20.1. The number of aromatic nitrogens is 2. The third-order valence-electron chi connectivity index (χ3n) is 17.7. The van der Waals surface area contributed by atoms with Gasteiger partial charge < -0.3 is 48.8 Å². The van der Waals surface area contributed by atoms with E-state index in [2.05, 4.69) is 77.7 Å². The summed E-state index contributed by atoms with van der Waals surface area (Å²) in [6.07, 6.45) is 3.86. The number of hydrogen-bond acceptors (Lipinski definition) is 13. The van der Waals surface area contributed by atoms with Gasteiger partial charge in [-0.2, -0.15) is 0 Å². The molecule has 5 aliphatic rings. The molecule has 3 aromatic carbocycles. The van der Waals surface area contributed by atoms with Gasteiger partial charge in [-0.1, -0.05) is 69.3 Å². The Kier molecular flexibility index (Phi) is 16.4. The van der Waals surface area contributed by atoms with E-state index in [1.165, 1.54) is 21.9 Å². The van der Waals surface area contributed by atoms with Gasteiger partial charge in [0, 0.05) is 107 Å². The van der Waals surface area contributed by atoms with Crippen LogP contribution in [0.3, 0.4) is 0 Å². The molecule has 9 atom stereocenters. The van der Waals surface area contributed by atoms with Crippen LogP contribution in [0.25, 0.3) is 33.3 Å². The minimum absolute atomic E-state index is 0.0227. The number of amides is 4. The molecule has 1 aliphatic carbocycles. The predicted octanol–water partition coefficient (Wildman–Crippen LogP) is 7.19. The number of anilines is 1. The molecule has 0 spiro atoms. The largest absolute Gasteiger partial charge is 0.508 e. The predicted molar refractivity (Wildman–Crippen MR) is 310 cm³/mol. The van der Waals surface area contributed by atoms with Crippen LogP contribution < -0.4 is 15.6 Å². The number of likely N-dealkylation sites (tertiary alicyclic amines) is 1. The van der Waals surface area contributed by atoms with Crippen molar-refractivity contribution in [3.8, 4) is 28.1 Å². The number of benzene rings is 3. The third-order valence-corrected chi connectivity index (χ3v) is 17.7. The van der Waals surface area contributed by atoms with Gasteiger partial charge in [-0.05, 0) is 104 Å². The normalized spacial score (nSPS) is 24.1. The van der Waals surface area contributed by atoms with E-state index >= 15 is 9.59 Å². The lowest BCUT2D eigenvalue weighted by atomic mass is 9.84. The smallest absolute Gasteiger partial charge is 0.409 e. The van der Waals surface area contributed by atoms with Crippen molar-refractivity contribution in [3.05, 3.63) is 114 Å². The van der Waals surface area contributed by atoms with Gasteiger partial charge in [0.2, 0.25) is 11.8 Å². The highest BCUT2D eigenvalue weighted by molar-refractivity contribution is 5.97. The van der Waals surface area contributed by atoms with E-state index in [1.807, 2.05) is 55.6 Å². The molecule has 4 fully saturated rings. The zero-order valence-electron chi connectivity index (χ0n) is 48.3. The Morgan fingerprint density at radius 1 is 0.988 bits per heavy atom. The Morgan fingerprint density at radius 2 is 1.74 bits per heavy atom. The fourth-order valence-electron chi connectivity index (χ4n) is 13.0. The second-order valence-electron chi connectivity index (χ2n) is 23.9. The molecule has 1 saturated carbocycles. The summed E-state index contributed by atoms with van der Waals surface area (Å²) in [4.78, 5) is 85.4. The summed E-state index contributed by atoms with van der Waals surface area (Å²) in [5.41, 5.74) is 11.5. The highest BCUT2D eigenvalue weighted by atomic mass is 16.5. The van der Waals surface area contributed by atoms with Gasteiger partial charge in [0.05, 0.1) is 49.0 Å². The third kappa shape index (κ3) is 11.5. The summed E-state index contributed by atoms with van der Waals surface area (Å²) in [6.45, 7) is 19.1. The molecule has 430 valence electrons. The van der Waals surface area contributed by atoms with Crippen LogP contribution in [0.15, 0.2) is 91.6 Å². The van der Waals surface area contributed by atoms with Crippen molar-refractivity contribution >= 4 is 46.4 Å². The number of carbonyl (C=O) groups is 5. The zero-order valence-corrected chi connectivity index (χ0v) is 48.3. The summed E-state index contributed by atoms with van der Waals surface area (Å²) >= 11 is 0. The van der Waals surface area contributed by atoms with Crippen LogP contribution in [-0.2, 0) is 52.8 Å². The molecular formula is C63H79N9O9. The van der Waals surface area contributed by atoms with E-state index in [4.69, 9.17) is 19.2 Å². The van der Waals surface area contributed by atoms with Crippen molar-refractivity contribution in [1.29, 1.82) is 0 Å². The first-order chi connectivity index (χ1) is 38.8. The molecule has 81 heavy (non-hydrogen) atoms. The number of hydrazine groups is 1. The van der Waals surface area contributed by atoms with Gasteiger partial charge in [-0.15, -0.1) is 6.58 Å². The SMILES string of the molecule is C=C[C@@H](C)[C@@H](C(=O)N[C@H]1Cc2cc(O)cc(c2)-c2ccc3c(c2)c(c(-c2cc(N4CCN(C)CC4)cnc2[C@H](C)OC)n3CC)CC(C)(C)COC(=O)[C@H]2NN(CC3C[C@@H]32)C1=O)N(C)C(=O)[C@@H]1CN(C(=O)OC)C[C@@H]1c1ccccc1. The first-order valence-corrected chi connectivity index (χ1v) is 28.6. The molecule has 3 saturated heterocycles. The highest BCUT2D eigenvalue weighted by Crippen LogP contribution is 2.47. The highest BCUT2D eigenvalue weighted by Gasteiger charge is 2.53. The van der Waals surface area contributed by atoms with Crippen molar-refractivity contribution in [2.45, 2.75) is 90.6 Å². The number of phenols is 1. The van der Waals surface area contributed by atoms with Crippen molar-refractivity contribution in [3.63, 3.8) is 0 Å². The van der Waals surface area contributed by atoms with Crippen molar-refractivity contribution in [2.75, 3.05) is 85.6 Å². The molecule has 2 aromatic heterocycles. The maximum absolute atomic E-state index is 15.2. The number of fused-ring (bicyclic) bond motifs is 8. The number of cyclic esters (lactones) is 1. The number of ether oxygens (including phenoxy) is 3. The van der Waals surface area contributed by atoms with Gasteiger partial charge in [-0.25, -0.2) is 10.2 Å². The standard InChI is InChI=1S/C63H79N9O9/c1-11-37(3)56(68(8)59(75)51-35-70(62(78)80-10)34-50(51)40-16-14-13-15-17-40)58(74)65-52-26-39-24-42(27-45(73)25-39)41-18-19-53-47(28-41)49(31-63(5,6)36-81-61(77)55-46-29-43(46)33-72(66-55)60(52)76)57(71(53)12-2)48-30-44(32-64-54(48)38(4)79-9)69-22-20-67(7)21-23-69/h11,13-19,24-25,27-28,30,32,37-38,43,46,50-52,55-56,66,73H,1,12,20-23,26,29,31,33-36H2,2-10H3,(H,65,74)/t37-,38+,43?,46+,50-,51-,52+,55+,56+/m1/s1. The Bertz CT molecular complexity index is 3210. The molecule has 6 heterocycles. The van der Waals surface area contributed by atoms with E-state index in [0.717, 1.165) is 76.4 Å². The Labute approximate surface area is 475 Å². The van der Waals surface area contributed by atoms with E-state index in [9.17, 15) is 19.5 Å². The topological polar surface area (TPSA) is 191 Å². The Hall–Kier alpha value is -7.28. The summed E-state index contributed by atoms with van der Waals surface area (Å²) in [5, 5.41) is 17.1. The quantitative estimate of drug-likeness (QED) is 0.0842. The second-order valence-corrected chi connectivity index (χ2v) is 23.9. The number of likely N-dealkylation sites (N-methyl/N-ethyl adjacent to an activating group) is 2. The maximum atomic E-state index is 15.2. The van der Waals surface area contributed by atoms with Crippen molar-refractivity contribution in [2.24, 2.45) is 29.1 Å². The molecule has 18 heteroatoms. The first-order valence-electron chi connectivity index (χ1n) is 28.6. The average molecular weight is 1110 g/mol. The van der Waals surface area contributed by atoms with Crippen LogP contribution in [0.1, 0.15) is 75.4 Å². The van der Waals surface area contributed by atoms with E-state index in [0.29, 0.717) is 37.1 Å². The minimum atomic E-state index is -1.24. The summed E-state index contributed by atoms with van der Waals surface area (Å²) in [7, 11) is 6.72. The lowest BCUT2D eigenvalue weighted by Crippen LogP contribution is -2.63. The number of nitrogens with zero attached hydrogens (tertiary/aromatic N) is 7. The minimum Gasteiger partial charge on any atom is -0.508 e. The first kappa shape index (κ1) is 57.0. The number of aromatic hydroxyl groups is 1. The van der Waals surface area contributed by atoms with Gasteiger partial charge >= 0.3 is 12.1 Å². The molecule has 0 radical (unpaired) electrons. The number of esters is 1. The molecule has 6 bridgehead atoms. The van der Waals surface area contributed by atoms with Crippen LogP contribution in [0.4, 0.5) is 10.5 Å². The van der Waals surface area contributed by atoms with Crippen LogP contribution >= 0.6 is 0 Å². The van der Waals surface area contributed by atoms with Crippen molar-refractivity contribution in [1.82, 2.24) is 40.0 Å². The van der Waals surface area contributed by atoms with E-state index < -0.39 is 59.3 Å². The number of piperazine rings is 1. The zero-order chi connectivity index (χ0) is 57.6. The number of phenolic OH excluding ortho intramolecular Hbond substituents is 1. The number of rotatable bonds is 12. The molecule has 3 N–H and O–H groups in total. The van der Waals surface area contributed by atoms with Gasteiger partial charge in [-0.3, -0.25) is 29.2 Å². The van der Waals surface area contributed by atoms with Crippen molar-refractivity contribution < 1.29 is 43.3 Å². The molecule has 18 nitrogen and oxygen atoms in total. The molecule has 10 rings (SSSR count). The van der Waals surface area contributed by atoms with Gasteiger partial charge in [0.25, 0.3) is 5.91 Å². The number of methoxy groups -OCH3 is 2. The summed E-state index contributed by atoms with van der Waals surface area (Å²) in [5.74, 6) is -3.64. The number of hydrogen-bond donors (Lipinski definition) is 3. The van der Waals surface area contributed by atoms with Gasteiger partial charge in [0.15, 0.2) is 0 Å². The van der Waals surface area contributed by atoms with E-state index in [1.54, 1.807) is 39.3 Å². The summed E-state index contributed by atoms with van der Waals surface area (Å²) < 4.78 is 19.8. The number of pyridine rings is 1. The van der Waals surface area contributed by atoms with E-state index in [-0.39, 0.29) is 61.6 Å². The lowest BCUT2D eigenvalue weighted by molar-refractivity contribution is -0.156. The van der Waals surface area contributed by atoms with Crippen LogP contribution in [-0.4, -0.2) is 163 Å². The average Bonchev–Trinajstić information content (AvgIpc) is 4.08. The second kappa shape index (κ2) is 23.3. The van der Waals surface area contributed by atoms with Crippen LogP contribution in [0, 0.1) is 29.1 Å². The molecule has 4 amide bonds. The van der Waals surface area contributed by atoms with Crippen LogP contribution in [0.5, 0.6) is 5.75 Å². The molecular weight excluding hydrogens is 1030 g/mol.